The fraction of sp³-hybridized carbons (Fsp3) is 0.273. The van der Waals surface area contributed by atoms with Crippen molar-refractivity contribution in [1.29, 1.82) is 0 Å². The Bertz CT molecular complexity index is 448. The molecular weight excluding hydrogens is 227 g/mol. The second kappa shape index (κ2) is 5.40. The molecule has 0 saturated heterocycles. The van der Waals surface area contributed by atoms with E-state index in [4.69, 9.17) is 10.8 Å². The van der Waals surface area contributed by atoms with Crippen molar-refractivity contribution in [2.24, 2.45) is 5.73 Å². The predicted molar refractivity (Wildman–Crippen MR) is 60.3 cm³/mol. The molecule has 0 heterocycles. The average molecular weight is 240 g/mol. The fourth-order valence-corrected chi connectivity index (χ4v) is 1.16. The smallest absolute Gasteiger partial charge is 0.335 e. The number of amides is 1. The second-order valence-corrected chi connectivity index (χ2v) is 3.50. The number of rotatable bonds is 4. The van der Waals surface area contributed by atoms with E-state index in [9.17, 15) is 14.0 Å². The lowest BCUT2D eigenvalue weighted by atomic mass is 10.1. The third kappa shape index (κ3) is 3.25. The minimum absolute atomic E-state index is 0.105. The quantitative estimate of drug-likeness (QED) is 0.737. The highest BCUT2D eigenvalue weighted by Gasteiger charge is 2.14. The summed E-state index contributed by atoms with van der Waals surface area (Å²) in [5.74, 6) is -2.44. The van der Waals surface area contributed by atoms with Gasteiger partial charge in [0.25, 0.3) is 0 Å². The number of halogens is 1. The van der Waals surface area contributed by atoms with Crippen LogP contribution in [0.5, 0.6) is 0 Å². The molecule has 17 heavy (non-hydrogen) atoms. The Morgan fingerprint density at radius 3 is 2.71 bits per heavy atom. The van der Waals surface area contributed by atoms with Crippen molar-refractivity contribution in [1.82, 2.24) is 0 Å². The number of carbonyl (C=O) groups excluding carboxylic acids is 1. The van der Waals surface area contributed by atoms with E-state index in [2.05, 4.69) is 5.32 Å². The first-order valence-electron chi connectivity index (χ1n) is 5.05. The summed E-state index contributed by atoms with van der Waals surface area (Å²) in [5, 5.41) is 11.0. The van der Waals surface area contributed by atoms with Gasteiger partial charge in [0.2, 0.25) is 5.91 Å². The second-order valence-electron chi connectivity index (χ2n) is 3.50. The SMILES string of the molecule is CCC(N)C(=O)Nc1cc(C(=O)O)ccc1F. The lowest BCUT2D eigenvalue weighted by Crippen LogP contribution is -2.35. The van der Waals surface area contributed by atoms with Gasteiger partial charge in [-0.3, -0.25) is 4.79 Å². The molecule has 1 aromatic rings. The maximum Gasteiger partial charge on any atom is 0.335 e. The number of hydrogen-bond acceptors (Lipinski definition) is 3. The zero-order valence-electron chi connectivity index (χ0n) is 9.24. The molecule has 0 aliphatic heterocycles. The highest BCUT2D eigenvalue weighted by atomic mass is 19.1. The number of benzene rings is 1. The highest BCUT2D eigenvalue weighted by molar-refractivity contribution is 5.96. The Morgan fingerprint density at radius 1 is 1.53 bits per heavy atom. The van der Waals surface area contributed by atoms with E-state index in [0.29, 0.717) is 6.42 Å². The molecule has 5 nitrogen and oxygen atoms in total. The number of aromatic carboxylic acids is 1. The molecule has 1 aromatic carbocycles. The van der Waals surface area contributed by atoms with Gasteiger partial charge >= 0.3 is 5.97 Å². The van der Waals surface area contributed by atoms with Crippen LogP contribution < -0.4 is 11.1 Å². The van der Waals surface area contributed by atoms with Crippen LogP contribution in [0.25, 0.3) is 0 Å². The molecule has 1 atom stereocenters. The zero-order chi connectivity index (χ0) is 13.0. The summed E-state index contributed by atoms with van der Waals surface area (Å²) in [6.07, 6.45) is 0.409. The minimum Gasteiger partial charge on any atom is -0.478 e. The molecule has 1 unspecified atom stereocenters. The number of anilines is 1. The molecule has 0 saturated carbocycles. The number of carbonyl (C=O) groups is 2. The summed E-state index contributed by atoms with van der Waals surface area (Å²) in [5.41, 5.74) is 5.17. The van der Waals surface area contributed by atoms with E-state index in [0.717, 1.165) is 18.2 Å². The average Bonchev–Trinajstić information content (AvgIpc) is 2.30. The van der Waals surface area contributed by atoms with Gasteiger partial charge in [-0.15, -0.1) is 0 Å². The molecule has 0 radical (unpaired) electrons. The Kier molecular flexibility index (Phi) is 4.17. The van der Waals surface area contributed by atoms with Gasteiger partial charge in [-0.25, -0.2) is 9.18 Å². The van der Waals surface area contributed by atoms with Crippen molar-refractivity contribution in [3.63, 3.8) is 0 Å². The fourth-order valence-electron chi connectivity index (χ4n) is 1.16. The van der Waals surface area contributed by atoms with Crippen LogP contribution in [0.4, 0.5) is 10.1 Å². The molecule has 1 amide bonds. The minimum atomic E-state index is -1.19. The van der Waals surface area contributed by atoms with Gasteiger partial charge in [-0.1, -0.05) is 6.92 Å². The van der Waals surface area contributed by atoms with Gasteiger partial charge in [0.15, 0.2) is 0 Å². The largest absolute Gasteiger partial charge is 0.478 e. The predicted octanol–water partition coefficient (Wildman–Crippen LogP) is 1.20. The van der Waals surface area contributed by atoms with Crippen molar-refractivity contribution in [3.8, 4) is 0 Å². The summed E-state index contributed by atoms with van der Waals surface area (Å²) >= 11 is 0. The monoisotopic (exact) mass is 240 g/mol. The summed E-state index contributed by atoms with van der Waals surface area (Å²) in [7, 11) is 0. The molecule has 6 heteroatoms. The van der Waals surface area contributed by atoms with Crippen LogP contribution in [-0.4, -0.2) is 23.0 Å². The number of nitrogens with one attached hydrogen (secondary N) is 1. The van der Waals surface area contributed by atoms with Crippen LogP contribution in [0.1, 0.15) is 23.7 Å². The van der Waals surface area contributed by atoms with Gasteiger partial charge in [-0.05, 0) is 24.6 Å². The molecule has 1 rings (SSSR count). The molecule has 92 valence electrons. The summed E-state index contributed by atoms with van der Waals surface area (Å²) in [4.78, 5) is 22.1. The summed E-state index contributed by atoms with van der Waals surface area (Å²) in [6.45, 7) is 1.72. The van der Waals surface area contributed by atoms with Crippen LogP contribution in [-0.2, 0) is 4.79 Å². The summed E-state index contributed by atoms with van der Waals surface area (Å²) in [6, 6.07) is 2.41. The van der Waals surface area contributed by atoms with E-state index in [1.165, 1.54) is 0 Å². The number of hydrogen-bond donors (Lipinski definition) is 3. The summed E-state index contributed by atoms with van der Waals surface area (Å²) < 4.78 is 13.3. The lowest BCUT2D eigenvalue weighted by Gasteiger charge is -2.11. The van der Waals surface area contributed by atoms with E-state index in [1.807, 2.05) is 0 Å². The normalized spacial score (nSPS) is 11.9. The Labute approximate surface area is 97.4 Å². The Hall–Kier alpha value is -1.95. The van der Waals surface area contributed by atoms with Gasteiger partial charge < -0.3 is 16.2 Å². The number of nitrogens with two attached hydrogens (primary N) is 1. The van der Waals surface area contributed by atoms with Crippen molar-refractivity contribution < 1.29 is 19.1 Å². The molecule has 0 fully saturated rings. The van der Waals surface area contributed by atoms with Gasteiger partial charge in [0.1, 0.15) is 5.82 Å². The van der Waals surface area contributed by atoms with E-state index >= 15 is 0 Å². The Balaban J connectivity index is 2.94. The van der Waals surface area contributed by atoms with Gasteiger partial charge in [-0.2, -0.15) is 0 Å². The molecule has 0 spiro atoms. The van der Waals surface area contributed by atoms with E-state index in [-0.39, 0.29) is 11.3 Å². The first kappa shape index (κ1) is 13.1. The van der Waals surface area contributed by atoms with Crippen LogP contribution in [0, 0.1) is 5.82 Å². The van der Waals surface area contributed by atoms with Crippen LogP contribution in [0.2, 0.25) is 0 Å². The van der Waals surface area contributed by atoms with Crippen LogP contribution >= 0.6 is 0 Å². The third-order valence-electron chi connectivity index (χ3n) is 2.25. The van der Waals surface area contributed by atoms with Crippen molar-refractivity contribution in [3.05, 3.63) is 29.6 Å². The first-order valence-corrected chi connectivity index (χ1v) is 5.05. The van der Waals surface area contributed by atoms with E-state index < -0.39 is 23.7 Å². The van der Waals surface area contributed by atoms with E-state index in [1.54, 1.807) is 6.92 Å². The van der Waals surface area contributed by atoms with Gasteiger partial charge in [0, 0.05) is 0 Å². The Morgan fingerprint density at radius 2 is 2.18 bits per heavy atom. The van der Waals surface area contributed by atoms with Crippen LogP contribution in [0.3, 0.4) is 0 Å². The van der Waals surface area contributed by atoms with Crippen LogP contribution in [0.15, 0.2) is 18.2 Å². The lowest BCUT2D eigenvalue weighted by molar-refractivity contribution is -0.117. The van der Waals surface area contributed by atoms with Crippen molar-refractivity contribution in [2.75, 3.05) is 5.32 Å². The maximum atomic E-state index is 13.3. The third-order valence-corrected chi connectivity index (χ3v) is 2.25. The van der Waals surface area contributed by atoms with Crippen molar-refractivity contribution >= 4 is 17.6 Å². The zero-order valence-corrected chi connectivity index (χ0v) is 9.24. The van der Waals surface area contributed by atoms with Crippen molar-refractivity contribution in [2.45, 2.75) is 19.4 Å². The topological polar surface area (TPSA) is 92.4 Å². The number of carboxylic acids is 1. The first-order chi connectivity index (χ1) is 7.95. The molecule has 0 aliphatic rings. The molecular formula is C11H13FN2O3. The molecule has 0 aromatic heterocycles. The molecule has 0 aliphatic carbocycles. The molecule has 0 bridgehead atoms. The molecule has 4 N–H and O–H groups in total. The van der Waals surface area contributed by atoms with Gasteiger partial charge in [0.05, 0.1) is 17.3 Å². The standard InChI is InChI=1S/C11H13FN2O3/c1-2-8(13)10(15)14-9-5-6(11(16)17)3-4-7(9)12/h3-5,8H,2,13H2,1H3,(H,14,15)(H,16,17). The number of carboxylic acid groups (broad SMARTS) is 1. The maximum absolute atomic E-state index is 13.3. The highest BCUT2D eigenvalue weighted by Crippen LogP contribution is 2.16.